The van der Waals surface area contributed by atoms with Crippen LogP contribution in [0.3, 0.4) is 0 Å². The first-order chi connectivity index (χ1) is 20.8. The van der Waals surface area contributed by atoms with Crippen molar-refractivity contribution in [3.8, 4) is 11.5 Å². The largest absolute Gasteiger partial charge is 0.482 e. The third kappa shape index (κ3) is 5.89. The standard InChI is InChI=1S/C32H28ClN3O6S/c33-25-18-24(43(39,40)36-17-16-23-10-4-5-11-26(23)36)14-15-28(25)41-21-31(37)35-20-30(42-29-13-7-6-12-27(29)35)32(38)34-19-22-8-2-1-3-9-22/h1-15,18,30H,16-17,19-21H2,(H,34,38). The van der Waals surface area contributed by atoms with Crippen LogP contribution in [0.1, 0.15) is 11.1 Å². The van der Waals surface area contributed by atoms with E-state index < -0.39 is 28.6 Å². The first-order valence-electron chi connectivity index (χ1n) is 13.7. The number of sulfonamides is 1. The molecule has 0 aliphatic carbocycles. The molecule has 1 N–H and O–H groups in total. The van der Waals surface area contributed by atoms with E-state index in [2.05, 4.69) is 5.32 Å². The molecule has 2 heterocycles. The Labute approximate surface area is 254 Å². The maximum atomic E-state index is 13.4. The molecule has 0 radical (unpaired) electrons. The lowest BCUT2D eigenvalue weighted by molar-refractivity contribution is -0.128. The van der Waals surface area contributed by atoms with Crippen molar-refractivity contribution in [3.05, 3.63) is 113 Å². The fraction of sp³-hybridized carbons (Fsp3) is 0.188. The molecule has 0 saturated carbocycles. The highest BCUT2D eigenvalue weighted by Gasteiger charge is 2.34. The number of benzene rings is 4. The minimum atomic E-state index is -3.84. The van der Waals surface area contributed by atoms with Crippen molar-refractivity contribution in [2.45, 2.75) is 24.0 Å². The molecule has 220 valence electrons. The van der Waals surface area contributed by atoms with Crippen LogP contribution < -0.4 is 24.0 Å². The maximum Gasteiger partial charge on any atom is 0.265 e. The van der Waals surface area contributed by atoms with Gasteiger partial charge < -0.3 is 19.7 Å². The number of nitrogens with zero attached hydrogens (tertiary/aromatic N) is 2. The van der Waals surface area contributed by atoms with Gasteiger partial charge in [0.2, 0.25) is 0 Å². The number of halogens is 1. The van der Waals surface area contributed by atoms with E-state index in [0.29, 0.717) is 36.6 Å². The number of hydrogen-bond acceptors (Lipinski definition) is 6. The molecule has 1 atom stereocenters. The van der Waals surface area contributed by atoms with Crippen LogP contribution in [-0.2, 0) is 32.6 Å². The van der Waals surface area contributed by atoms with Crippen LogP contribution in [0.4, 0.5) is 11.4 Å². The normalized spacial score (nSPS) is 15.7. The third-order valence-electron chi connectivity index (χ3n) is 7.36. The topological polar surface area (TPSA) is 105 Å². The molecule has 2 aliphatic heterocycles. The van der Waals surface area contributed by atoms with Crippen molar-refractivity contribution in [3.63, 3.8) is 0 Å². The van der Waals surface area contributed by atoms with E-state index in [1.807, 2.05) is 42.5 Å². The number of anilines is 2. The van der Waals surface area contributed by atoms with E-state index in [4.69, 9.17) is 21.1 Å². The summed E-state index contributed by atoms with van der Waals surface area (Å²) in [4.78, 5) is 27.8. The number of carbonyl (C=O) groups excluding carboxylic acids is 2. The summed E-state index contributed by atoms with van der Waals surface area (Å²) in [6.07, 6.45) is -0.293. The van der Waals surface area contributed by atoms with E-state index in [9.17, 15) is 18.0 Å². The van der Waals surface area contributed by atoms with Crippen molar-refractivity contribution < 1.29 is 27.5 Å². The Morgan fingerprint density at radius 2 is 1.65 bits per heavy atom. The van der Waals surface area contributed by atoms with Crippen molar-refractivity contribution in [2.24, 2.45) is 0 Å². The highest BCUT2D eigenvalue weighted by atomic mass is 35.5. The molecular formula is C32H28ClN3O6S. The summed E-state index contributed by atoms with van der Waals surface area (Å²) >= 11 is 6.44. The zero-order valence-electron chi connectivity index (χ0n) is 23.0. The monoisotopic (exact) mass is 617 g/mol. The molecule has 0 fully saturated rings. The quantitative estimate of drug-likeness (QED) is 0.310. The highest BCUT2D eigenvalue weighted by Crippen LogP contribution is 2.36. The fourth-order valence-corrected chi connectivity index (χ4v) is 7.00. The molecule has 9 nitrogen and oxygen atoms in total. The van der Waals surface area contributed by atoms with Crippen molar-refractivity contribution in [1.29, 1.82) is 0 Å². The zero-order chi connectivity index (χ0) is 30.0. The fourth-order valence-electron chi connectivity index (χ4n) is 5.17. The first-order valence-corrected chi connectivity index (χ1v) is 15.5. The summed E-state index contributed by atoms with van der Waals surface area (Å²) in [6.45, 7) is 0.269. The Kier molecular flexibility index (Phi) is 7.96. The Bertz CT molecular complexity index is 1780. The Morgan fingerprint density at radius 3 is 2.44 bits per heavy atom. The molecule has 4 aromatic carbocycles. The second-order valence-corrected chi connectivity index (χ2v) is 12.4. The predicted molar refractivity (Wildman–Crippen MR) is 163 cm³/mol. The third-order valence-corrected chi connectivity index (χ3v) is 9.47. The van der Waals surface area contributed by atoms with Gasteiger partial charge in [-0.1, -0.05) is 72.3 Å². The van der Waals surface area contributed by atoms with E-state index >= 15 is 0 Å². The number of ether oxygens (including phenoxy) is 2. The molecule has 43 heavy (non-hydrogen) atoms. The second-order valence-electron chi connectivity index (χ2n) is 10.1. The first kappa shape index (κ1) is 28.6. The van der Waals surface area contributed by atoms with Crippen LogP contribution in [0.25, 0.3) is 0 Å². The lowest BCUT2D eigenvalue weighted by Gasteiger charge is -2.34. The summed E-state index contributed by atoms with van der Waals surface area (Å²) in [5, 5.41) is 2.92. The van der Waals surface area contributed by atoms with Gasteiger partial charge in [0.15, 0.2) is 12.7 Å². The Hall–Kier alpha value is -4.54. The molecule has 2 amide bonds. The molecule has 0 saturated heterocycles. The molecule has 6 rings (SSSR count). The van der Waals surface area contributed by atoms with E-state index in [1.54, 1.807) is 36.4 Å². The number of hydrogen-bond donors (Lipinski definition) is 1. The molecule has 2 aliphatic rings. The number of rotatable bonds is 8. The summed E-state index contributed by atoms with van der Waals surface area (Å²) < 4.78 is 39.8. The average molecular weight is 618 g/mol. The van der Waals surface area contributed by atoms with Crippen LogP contribution in [0.5, 0.6) is 11.5 Å². The second kappa shape index (κ2) is 12.0. The van der Waals surface area contributed by atoms with E-state index in [0.717, 1.165) is 11.1 Å². The predicted octanol–water partition coefficient (Wildman–Crippen LogP) is 4.58. The van der Waals surface area contributed by atoms with Crippen LogP contribution in [-0.4, -0.2) is 46.0 Å². The van der Waals surface area contributed by atoms with Gasteiger partial charge in [-0.2, -0.15) is 0 Å². The van der Waals surface area contributed by atoms with E-state index in [-0.39, 0.29) is 28.1 Å². The lowest BCUT2D eigenvalue weighted by Crippen LogP contribution is -2.51. The van der Waals surface area contributed by atoms with Gasteiger partial charge in [0, 0.05) is 13.1 Å². The molecule has 0 spiro atoms. The molecule has 1 unspecified atom stereocenters. The van der Waals surface area contributed by atoms with Gasteiger partial charge in [-0.15, -0.1) is 0 Å². The molecular weight excluding hydrogens is 590 g/mol. The molecule has 0 bridgehead atoms. The lowest BCUT2D eigenvalue weighted by atomic mass is 10.1. The summed E-state index contributed by atoms with van der Waals surface area (Å²) in [5.74, 6) is -0.205. The van der Waals surface area contributed by atoms with Crippen LogP contribution >= 0.6 is 11.6 Å². The van der Waals surface area contributed by atoms with Gasteiger partial charge >= 0.3 is 0 Å². The minimum absolute atomic E-state index is 0.0119. The Morgan fingerprint density at radius 1 is 0.930 bits per heavy atom. The molecule has 11 heteroatoms. The summed E-state index contributed by atoms with van der Waals surface area (Å²) in [6, 6.07) is 28.0. The zero-order valence-corrected chi connectivity index (χ0v) is 24.6. The number of para-hydroxylation sites is 3. The summed E-state index contributed by atoms with van der Waals surface area (Å²) in [7, 11) is -3.84. The average Bonchev–Trinajstić information content (AvgIpc) is 3.48. The Balaban J connectivity index is 1.13. The highest BCUT2D eigenvalue weighted by molar-refractivity contribution is 7.92. The number of fused-ring (bicyclic) bond motifs is 2. The van der Waals surface area contributed by atoms with Gasteiger partial charge in [-0.3, -0.25) is 13.9 Å². The summed E-state index contributed by atoms with van der Waals surface area (Å²) in [5.41, 5.74) is 3.08. The van der Waals surface area contributed by atoms with Crippen molar-refractivity contribution in [2.75, 3.05) is 28.9 Å². The smallest absolute Gasteiger partial charge is 0.265 e. The molecule has 0 aromatic heterocycles. The number of amides is 2. The van der Waals surface area contributed by atoms with Crippen LogP contribution in [0.2, 0.25) is 5.02 Å². The van der Waals surface area contributed by atoms with Crippen LogP contribution in [0.15, 0.2) is 102 Å². The van der Waals surface area contributed by atoms with Crippen molar-refractivity contribution in [1.82, 2.24) is 5.32 Å². The van der Waals surface area contributed by atoms with Gasteiger partial charge in [0.1, 0.15) is 11.5 Å². The van der Waals surface area contributed by atoms with Crippen molar-refractivity contribution >= 4 is 44.8 Å². The van der Waals surface area contributed by atoms with Gasteiger partial charge in [-0.25, -0.2) is 8.42 Å². The SMILES string of the molecule is O=C(NCc1ccccc1)C1CN(C(=O)COc2ccc(S(=O)(=O)N3CCc4ccccc43)cc2Cl)c2ccccc2O1. The van der Waals surface area contributed by atoms with Gasteiger partial charge in [-0.05, 0) is 53.9 Å². The van der Waals surface area contributed by atoms with Gasteiger partial charge in [0.25, 0.3) is 21.8 Å². The van der Waals surface area contributed by atoms with Gasteiger partial charge in [0.05, 0.1) is 27.8 Å². The molecule has 4 aromatic rings. The van der Waals surface area contributed by atoms with E-state index in [1.165, 1.54) is 27.4 Å². The number of nitrogens with one attached hydrogen (secondary N) is 1. The minimum Gasteiger partial charge on any atom is -0.482 e. The number of carbonyl (C=O) groups is 2. The maximum absolute atomic E-state index is 13.4. The van der Waals surface area contributed by atoms with Crippen LogP contribution in [0, 0.1) is 0 Å².